The van der Waals surface area contributed by atoms with Crippen molar-refractivity contribution in [2.45, 2.75) is 30.8 Å². The number of carbonyl (C=O) groups is 1. The number of carbonyl (C=O) groups excluding carboxylic acids is 1. The molecule has 3 N–H and O–H groups in total. The van der Waals surface area contributed by atoms with Crippen LogP contribution in [0.1, 0.15) is 24.1 Å². The number of sulfone groups is 1. The number of aromatic nitrogens is 1. The van der Waals surface area contributed by atoms with Gasteiger partial charge >= 0.3 is 0 Å². The highest BCUT2D eigenvalue weighted by Crippen LogP contribution is 2.27. The average Bonchev–Trinajstić information content (AvgIpc) is 3.19. The Kier molecular flexibility index (Phi) is 6.44. The van der Waals surface area contributed by atoms with E-state index in [0.29, 0.717) is 28.1 Å². The van der Waals surface area contributed by atoms with Crippen molar-refractivity contribution in [3.8, 4) is 11.1 Å². The summed E-state index contributed by atoms with van der Waals surface area (Å²) in [5.74, 6) is -1.56. The van der Waals surface area contributed by atoms with Gasteiger partial charge in [0.25, 0.3) is 5.91 Å². The maximum absolute atomic E-state index is 14.7. The van der Waals surface area contributed by atoms with Crippen molar-refractivity contribution in [3.05, 3.63) is 53.6 Å². The molecule has 2 aromatic rings. The highest BCUT2D eigenvalue weighted by Gasteiger charge is 2.35. The second-order valence-corrected chi connectivity index (χ2v) is 9.12. The Morgan fingerprint density at radius 2 is 2.07 bits per heavy atom. The maximum atomic E-state index is 14.7. The van der Waals surface area contributed by atoms with E-state index < -0.39 is 32.9 Å². The normalized spacial score (nSPS) is 17.2. The number of nitrogens with zero attached hydrogens (tertiary/aromatic N) is 2. The van der Waals surface area contributed by atoms with Gasteiger partial charge in [0.15, 0.2) is 9.84 Å². The predicted octanol–water partition coefficient (Wildman–Crippen LogP) is 1.18. The molecule has 0 fully saturated rings. The second-order valence-electron chi connectivity index (χ2n) is 6.89. The molecule has 1 aliphatic rings. The summed E-state index contributed by atoms with van der Waals surface area (Å²) in [5.41, 5.74) is 3.56. The van der Waals surface area contributed by atoms with E-state index in [2.05, 4.69) is 10.1 Å². The van der Waals surface area contributed by atoms with Crippen LogP contribution in [0.15, 0.2) is 41.7 Å². The Bertz CT molecular complexity index is 1070. The summed E-state index contributed by atoms with van der Waals surface area (Å²) in [6.45, 7) is -0.206. The Morgan fingerprint density at radius 1 is 1.33 bits per heavy atom. The van der Waals surface area contributed by atoms with Gasteiger partial charge in [-0.3, -0.25) is 15.0 Å². The highest BCUT2D eigenvalue weighted by molar-refractivity contribution is 7.92. The zero-order valence-corrected chi connectivity index (χ0v) is 16.8. The summed E-state index contributed by atoms with van der Waals surface area (Å²) >= 11 is 0. The zero-order chi connectivity index (χ0) is 21.9. The van der Waals surface area contributed by atoms with Gasteiger partial charge in [0, 0.05) is 42.0 Å². The molecule has 3 rings (SSSR count). The molecule has 1 unspecified atom stereocenters. The monoisotopic (exact) mass is 437 g/mol. The summed E-state index contributed by atoms with van der Waals surface area (Å²) in [6.07, 6.45) is 1.61. The summed E-state index contributed by atoms with van der Waals surface area (Å²) in [4.78, 5) is 20.9. The third-order valence-electron chi connectivity index (χ3n) is 4.73. The van der Waals surface area contributed by atoms with Gasteiger partial charge < -0.3 is 9.94 Å². The second kappa shape index (κ2) is 8.86. The Morgan fingerprint density at radius 3 is 2.63 bits per heavy atom. The third kappa shape index (κ3) is 4.81. The van der Waals surface area contributed by atoms with E-state index in [1.165, 1.54) is 17.7 Å². The van der Waals surface area contributed by atoms with E-state index in [0.717, 1.165) is 6.26 Å². The van der Waals surface area contributed by atoms with Crippen molar-refractivity contribution in [3.63, 3.8) is 0 Å². The molecule has 160 valence electrons. The summed E-state index contributed by atoms with van der Waals surface area (Å²) in [5, 5.41) is 20.2. The number of pyridine rings is 1. The Labute approximate surface area is 172 Å². The van der Waals surface area contributed by atoms with Crippen molar-refractivity contribution in [1.82, 2.24) is 10.5 Å². The number of hydroxylamine groups is 1. The molecule has 2 atom stereocenters. The first-order valence-corrected chi connectivity index (χ1v) is 10.9. The molecular formula is C19H20FN3O6S. The largest absolute Gasteiger partial charge is 0.392 e. The average molecular weight is 437 g/mol. The minimum atomic E-state index is -3.78. The predicted molar refractivity (Wildman–Crippen MR) is 105 cm³/mol. The standard InChI is InChI=1S/C19H20FN3O6S/c1-30(27,28)18(19(25)22-26)8-14-7-17(23-29-14)11-3-5-15(16(20)6-11)12-2-4-13(10-24)21-9-12/h2-6,9,14,18,24,26H,7-8,10H2,1H3,(H,22,25)/t14-,18?/m1/s1. The van der Waals surface area contributed by atoms with Crippen LogP contribution >= 0.6 is 0 Å². The zero-order valence-electron chi connectivity index (χ0n) is 15.9. The van der Waals surface area contributed by atoms with Crippen LogP contribution in [0.3, 0.4) is 0 Å². The van der Waals surface area contributed by atoms with Crippen molar-refractivity contribution in [2.24, 2.45) is 5.16 Å². The lowest BCUT2D eigenvalue weighted by atomic mass is 9.99. The molecule has 0 radical (unpaired) electrons. The van der Waals surface area contributed by atoms with Gasteiger partial charge in [-0.05, 0) is 12.1 Å². The van der Waals surface area contributed by atoms with Crippen LogP contribution in [0.2, 0.25) is 0 Å². The van der Waals surface area contributed by atoms with E-state index >= 15 is 0 Å². The molecular weight excluding hydrogens is 417 g/mol. The minimum absolute atomic E-state index is 0.177. The van der Waals surface area contributed by atoms with Crippen molar-refractivity contribution in [1.29, 1.82) is 0 Å². The molecule has 0 bridgehead atoms. The molecule has 30 heavy (non-hydrogen) atoms. The van der Waals surface area contributed by atoms with Gasteiger partial charge in [-0.2, -0.15) is 0 Å². The molecule has 1 aromatic heterocycles. The highest BCUT2D eigenvalue weighted by atomic mass is 32.2. The third-order valence-corrected chi connectivity index (χ3v) is 6.17. The molecule has 1 aromatic carbocycles. The van der Waals surface area contributed by atoms with Gasteiger partial charge in [-0.25, -0.2) is 18.3 Å². The minimum Gasteiger partial charge on any atom is -0.392 e. The number of hydrogen-bond donors (Lipinski definition) is 3. The number of benzene rings is 1. The summed E-state index contributed by atoms with van der Waals surface area (Å²) in [7, 11) is -3.78. The number of aliphatic hydroxyl groups excluding tert-OH is 1. The fourth-order valence-electron chi connectivity index (χ4n) is 3.12. The molecule has 0 aliphatic carbocycles. The lowest BCUT2D eigenvalue weighted by molar-refractivity contribution is -0.129. The molecule has 11 heteroatoms. The molecule has 0 spiro atoms. The summed E-state index contributed by atoms with van der Waals surface area (Å²) < 4.78 is 38.2. The topological polar surface area (TPSA) is 138 Å². The lowest BCUT2D eigenvalue weighted by Crippen LogP contribution is -2.40. The van der Waals surface area contributed by atoms with Crippen LogP contribution in [0.4, 0.5) is 4.39 Å². The lowest BCUT2D eigenvalue weighted by Gasteiger charge is -2.16. The van der Waals surface area contributed by atoms with Gasteiger partial charge in [-0.1, -0.05) is 23.4 Å². The van der Waals surface area contributed by atoms with Crippen LogP contribution in [0.25, 0.3) is 11.1 Å². The van der Waals surface area contributed by atoms with Gasteiger partial charge in [-0.15, -0.1) is 0 Å². The number of amides is 1. The first kappa shape index (κ1) is 21.8. The molecule has 9 nitrogen and oxygen atoms in total. The van der Waals surface area contributed by atoms with Crippen molar-refractivity contribution >= 4 is 21.5 Å². The van der Waals surface area contributed by atoms with Crippen LogP contribution < -0.4 is 5.48 Å². The summed E-state index contributed by atoms with van der Waals surface area (Å²) in [6, 6.07) is 7.75. The first-order chi connectivity index (χ1) is 14.2. The first-order valence-electron chi connectivity index (χ1n) is 8.94. The van der Waals surface area contributed by atoms with Crippen LogP contribution in [-0.2, 0) is 26.1 Å². The number of nitrogens with one attached hydrogen (secondary N) is 1. The number of oxime groups is 1. The van der Waals surface area contributed by atoms with E-state index in [-0.39, 0.29) is 19.4 Å². The van der Waals surface area contributed by atoms with E-state index in [1.54, 1.807) is 24.3 Å². The quantitative estimate of drug-likeness (QED) is 0.437. The molecule has 1 aliphatic heterocycles. The number of rotatable bonds is 7. The van der Waals surface area contributed by atoms with Crippen LogP contribution in [0.5, 0.6) is 0 Å². The van der Waals surface area contributed by atoms with E-state index in [9.17, 15) is 17.6 Å². The fourth-order valence-corrected chi connectivity index (χ4v) is 4.12. The van der Waals surface area contributed by atoms with E-state index in [4.69, 9.17) is 15.2 Å². The van der Waals surface area contributed by atoms with E-state index in [1.807, 2.05) is 0 Å². The van der Waals surface area contributed by atoms with Gasteiger partial charge in [0.05, 0.1) is 18.0 Å². The smallest absolute Gasteiger partial charge is 0.261 e. The van der Waals surface area contributed by atoms with Crippen molar-refractivity contribution in [2.75, 3.05) is 6.26 Å². The van der Waals surface area contributed by atoms with Crippen LogP contribution in [0, 0.1) is 5.82 Å². The molecule has 1 amide bonds. The Balaban J connectivity index is 1.73. The van der Waals surface area contributed by atoms with Gasteiger partial charge in [0.2, 0.25) is 0 Å². The Hall–Kier alpha value is -2.89. The fraction of sp³-hybridized carbons (Fsp3) is 0.316. The van der Waals surface area contributed by atoms with Crippen molar-refractivity contribution < 1.29 is 32.8 Å². The maximum Gasteiger partial charge on any atom is 0.261 e. The molecule has 0 saturated carbocycles. The number of hydrogen-bond acceptors (Lipinski definition) is 8. The SMILES string of the molecule is CS(=O)(=O)C(C[C@H]1CC(c2ccc(-c3ccc(CO)nc3)c(F)c2)=NO1)C(=O)NO. The molecule has 0 saturated heterocycles. The number of aliphatic hydroxyl groups is 1. The van der Waals surface area contributed by atoms with Gasteiger partial charge in [0.1, 0.15) is 17.2 Å². The van der Waals surface area contributed by atoms with Crippen LogP contribution in [-0.4, -0.2) is 52.9 Å². The molecule has 2 heterocycles. The number of halogens is 1.